The smallest absolute Gasteiger partial charge is 0.272 e. The number of thiophene rings is 1. The number of hydrogen-bond donors (Lipinski definition) is 1. The van der Waals surface area contributed by atoms with E-state index in [2.05, 4.69) is 22.4 Å². The van der Waals surface area contributed by atoms with E-state index in [1.54, 1.807) is 4.57 Å². The summed E-state index contributed by atoms with van der Waals surface area (Å²) in [5, 5.41) is 14.0. The standard InChI is InChI=1S/C22H23N5O3S2/c1-2-14-5-3-6-15(11-14)23-18(28)13-32-22-25-24-21-26(12-16-7-4-9-30-16)20(29)19-17(27(21)22)8-10-31-19/h3,5-6,8,10-11,16H,2,4,7,9,12-13H2,1H3,(H,23,28)/t16-/m0/s1. The zero-order valence-corrected chi connectivity index (χ0v) is 19.2. The molecule has 0 saturated carbocycles. The Labute approximate surface area is 192 Å². The summed E-state index contributed by atoms with van der Waals surface area (Å²) < 4.78 is 9.92. The molecule has 0 spiro atoms. The van der Waals surface area contributed by atoms with Crippen LogP contribution in [-0.4, -0.2) is 43.5 Å². The Morgan fingerprint density at radius 1 is 1.34 bits per heavy atom. The Morgan fingerprint density at radius 3 is 3.06 bits per heavy atom. The van der Waals surface area contributed by atoms with E-state index in [0.29, 0.717) is 22.2 Å². The SMILES string of the molecule is CCc1cccc(NC(=O)CSc2nnc3n(C[C@@H]4CCCO4)c(=O)c4sccc4n23)c1. The van der Waals surface area contributed by atoms with E-state index in [1.807, 2.05) is 40.1 Å². The van der Waals surface area contributed by atoms with Crippen LogP contribution in [0.2, 0.25) is 0 Å². The molecule has 166 valence electrons. The lowest BCUT2D eigenvalue weighted by molar-refractivity contribution is -0.113. The second-order valence-corrected chi connectivity index (χ2v) is 9.55. The Bertz CT molecular complexity index is 1340. The molecule has 10 heteroatoms. The number of amides is 1. The summed E-state index contributed by atoms with van der Waals surface area (Å²) in [5.41, 5.74) is 2.65. The van der Waals surface area contributed by atoms with Crippen LogP contribution >= 0.6 is 23.1 Å². The minimum atomic E-state index is -0.116. The highest BCUT2D eigenvalue weighted by Gasteiger charge is 2.22. The summed E-state index contributed by atoms with van der Waals surface area (Å²) in [6.07, 6.45) is 2.84. The van der Waals surface area contributed by atoms with Crippen molar-refractivity contribution in [1.82, 2.24) is 19.2 Å². The molecule has 1 saturated heterocycles. The average molecular weight is 470 g/mol. The molecule has 0 aliphatic carbocycles. The average Bonchev–Trinajstić information content (AvgIpc) is 3.56. The van der Waals surface area contributed by atoms with Gasteiger partial charge in [-0.1, -0.05) is 30.8 Å². The minimum Gasteiger partial charge on any atom is -0.376 e. The lowest BCUT2D eigenvalue weighted by Crippen LogP contribution is -2.28. The molecule has 1 fully saturated rings. The molecule has 3 aromatic heterocycles. The van der Waals surface area contributed by atoms with Gasteiger partial charge in [0.15, 0.2) is 5.16 Å². The van der Waals surface area contributed by atoms with Gasteiger partial charge in [0, 0.05) is 12.3 Å². The molecule has 0 bridgehead atoms. The molecule has 0 radical (unpaired) electrons. The molecule has 1 N–H and O–H groups in total. The molecule has 1 aromatic carbocycles. The molecule has 1 aliphatic rings. The highest BCUT2D eigenvalue weighted by Crippen LogP contribution is 2.25. The van der Waals surface area contributed by atoms with Crippen LogP contribution in [0.5, 0.6) is 0 Å². The molecule has 8 nitrogen and oxygen atoms in total. The van der Waals surface area contributed by atoms with Gasteiger partial charge in [-0.05, 0) is 48.4 Å². The Balaban J connectivity index is 1.41. The zero-order chi connectivity index (χ0) is 22.1. The van der Waals surface area contributed by atoms with Gasteiger partial charge in [-0.25, -0.2) is 0 Å². The minimum absolute atomic E-state index is 0.00590. The third-order valence-corrected chi connectivity index (χ3v) is 7.36. The van der Waals surface area contributed by atoms with Crippen LogP contribution in [0.3, 0.4) is 0 Å². The number of anilines is 1. The van der Waals surface area contributed by atoms with Crippen LogP contribution in [-0.2, 0) is 22.5 Å². The maximum atomic E-state index is 13.1. The van der Waals surface area contributed by atoms with Gasteiger partial charge in [-0.15, -0.1) is 21.5 Å². The number of aromatic nitrogens is 4. The number of hydrogen-bond acceptors (Lipinski definition) is 7. The third kappa shape index (κ3) is 4.05. The quantitative estimate of drug-likeness (QED) is 0.416. The first-order valence-corrected chi connectivity index (χ1v) is 12.5. The summed E-state index contributed by atoms with van der Waals surface area (Å²) in [4.78, 5) is 25.6. The Kier molecular flexibility index (Phi) is 5.99. The number of aryl methyl sites for hydroxylation is 1. The van der Waals surface area contributed by atoms with Gasteiger partial charge in [-0.2, -0.15) is 0 Å². The van der Waals surface area contributed by atoms with Gasteiger partial charge in [-0.3, -0.25) is 18.6 Å². The third-order valence-electron chi connectivity index (χ3n) is 5.54. The fourth-order valence-electron chi connectivity index (χ4n) is 3.95. The van der Waals surface area contributed by atoms with Gasteiger partial charge >= 0.3 is 0 Å². The van der Waals surface area contributed by atoms with Crippen LogP contribution in [0.15, 0.2) is 45.7 Å². The second kappa shape index (κ2) is 9.05. The van der Waals surface area contributed by atoms with Crippen LogP contribution in [0.25, 0.3) is 16.0 Å². The van der Waals surface area contributed by atoms with Crippen LogP contribution < -0.4 is 10.9 Å². The number of thioether (sulfide) groups is 1. The first-order valence-electron chi connectivity index (χ1n) is 10.6. The molecule has 0 unspecified atom stereocenters. The highest BCUT2D eigenvalue weighted by molar-refractivity contribution is 7.99. The largest absolute Gasteiger partial charge is 0.376 e. The van der Waals surface area contributed by atoms with Gasteiger partial charge in [0.25, 0.3) is 5.56 Å². The van der Waals surface area contributed by atoms with Crippen molar-refractivity contribution in [2.24, 2.45) is 0 Å². The Morgan fingerprint density at radius 2 is 2.25 bits per heavy atom. The van der Waals surface area contributed by atoms with Crippen LogP contribution in [0.4, 0.5) is 5.69 Å². The number of ether oxygens (including phenoxy) is 1. The molecule has 32 heavy (non-hydrogen) atoms. The number of fused-ring (bicyclic) bond motifs is 3. The first kappa shape index (κ1) is 21.2. The number of carbonyl (C=O) groups excluding carboxylic acids is 1. The van der Waals surface area contributed by atoms with Crippen LogP contribution in [0, 0.1) is 0 Å². The van der Waals surface area contributed by atoms with Crippen LogP contribution in [0.1, 0.15) is 25.3 Å². The molecule has 1 aliphatic heterocycles. The van der Waals surface area contributed by atoms with Crippen molar-refractivity contribution in [1.29, 1.82) is 0 Å². The lowest BCUT2D eigenvalue weighted by atomic mass is 10.1. The van der Waals surface area contributed by atoms with Crippen molar-refractivity contribution in [2.75, 3.05) is 17.7 Å². The molecular weight excluding hydrogens is 446 g/mol. The van der Waals surface area contributed by atoms with Crippen molar-refractivity contribution in [2.45, 2.75) is 44.0 Å². The molecule has 4 heterocycles. The summed E-state index contributed by atoms with van der Waals surface area (Å²) in [5.74, 6) is 0.553. The number of rotatable bonds is 7. The number of benzene rings is 1. The zero-order valence-electron chi connectivity index (χ0n) is 17.6. The lowest BCUT2D eigenvalue weighted by Gasteiger charge is -2.13. The first-order chi connectivity index (χ1) is 15.6. The van der Waals surface area contributed by atoms with E-state index in [4.69, 9.17) is 4.74 Å². The normalized spacial score (nSPS) is 16.2. The fourth-order valence-corrected chi connectivity index (χ4v) is 5.51. The number of nitrogens with zero attached hydrogens (tertiary/aromatic N) is 4. The van der Waals surface area contributed by atoms with E-state index in [-0.39, 0.29) is 23.3 Å². The molecular formula is C22H23N5O3S2. The van der Waals surface area contributed by atoms with Crippen molar-refractivity contribution >= 4 is 50.7 Å². The van der Waals surface area contributed by atoms with Gasteiger partial charge in [0.2, 0.25) is 11.7 Å². The summed E-state index contributed by atoms with van der Waals surface area (Å²) in [7, 11) is 0. The van der Waals surface area contributed by atoms with E-state index in [9.17, 15) is 9.59 Å². The van der Waals surface area contributed by atoms with Crippen molar-refractivity contribution in [3.63, 3.8) is 0 Å². The maximum Gasteiger partial charge on any atom is 0.272 e. The monoisotopic (exact) mass is 469 g/mol. The predicted molar refractivity (Wildman–Crippen MR) is 127 cm³/mol. The molecule has 1 atom stereocenters. The number of carbonyl (C=O) groups is 1. The molecule has 5 rings (SSSR count). The van der Waals surface area contributed by atoms with E-state index >= 15 is 0 Å². The Hall–Kier alpha value is -2.69. The van der Waals surface area contributed by atoms with Crippen molar-refractivity contribution in [3.8, 4) is 0 Å². The number of nitrogens with one attached hydrogen (secondary N) is 1. The van der Waals surface area contributed by atoms with Gasteiger partial charge < -0.3 is 10.1 Å². The molecule has 4 aromatic rings. The predicted octanol–water partition coefficient (Wildman–Crippen LogP) is 3.58. The van der Waals surface area contributed by atoms with E-state index in [1.165, 1.54) is 28.7 Å². The second-order valence-electron chi connectivity index (χ2n) is 7.69. The van der Waals surface area contributed by atoms with Gasteiger partial charge in [0.1, 0.15) is 4.70 Å². The van der Waals surface area contributed by atoms with E-state index < -0.39 is 0 Å². The van der Waals surface area contributed by atoms with E-state index in [0.717, 1.165) is 37.1 Å². The summed E-state index contributed by atoms with van der Waals surface area (Å²) in [6, 6.07) is 9.73. The van der Waals surface area contributed by atoms with Crippen molar-refractivity contribution in [3.05, 3.63) is 51.6 Å². The van der Waals surface area contributed by atoms with Gasteiger partial charge in [0.05, 0.1) is 23.9 Å². The summed E-state index contributed by atoms with van der Waals surface area (Å²) >= 11 is 2.71. The fraction of sp³-hybridized carbons (Fsp3) is 0.364. The highest BCUT2D eigenvalue weighted by atomic mass is 32.2. The molecule has 1 amide bonds. The summed E-state index contributed by atoms with van der Waals surface area (Å²) in [6.45, 7) is 3.25. The maximum absolute atomic E-state index is 13.1. The van der Waals surface area contributed by atoms with Crippen molar-refractivity contribution < 1.29 is 9.53 Å². The topological polar surface area (TPSA) is 90.5 Å².